The third-order valence-electron chi connectivity index (χ3n) is 2.13. The highest BCUT2D eigenvalue weighted by atomic mass is 16.6. The van der Waals surface area contributed by atoms with Crippen LogP contribution in [0.4, 0.5) is 23.5 Å². The van der Waals surface area contributed by atoms with Gasteiger partial charge in [0.2, 0.25) is 17.8 Å². The Hall–Kier alpha value is -3.30. The number of rotatable bonds is 4. The summed E-state index contributed by atoms with van der Waals surface area (Å²) in [7, 11) is 0. The van der Waals surface area contributed by atoms with Crippen molar-refractivity contribution >= 4 is 29.7 Å². The van der Waals surface area contributed by atoms with Crippen molar-refractivity contribution in [1.82, 2.24) is 15.0 Å². The molecule has 0 spiro atoms. The Bertz CT molecular complexity index is 652. The van der Waals surface area contributed by atoms with Crippen LogP contribution >= 0.6 is 0 Å². The topological polar surface area (TPSA) is 158 Å². The highest BCUT2D eigenvalue weighted by molar-refractivity contribution is 5.81. The van der Waals surface area contributed by atoms with Crippen LogP contribution in [0.3, 0.4) is 0 Å². The van der Waals surface area contributed by atoms with Crippen molar-refractivity contribution in [2.45, 2.75) is 0 Å². The summed E-state index contributed by atoms with van der Waals surface area (Å²) in [6.45, 7) is 0. The van der Waals surface area contributed by atoms with Crippen LogP contribution in [0.2, 0.25) is 0 Å². The molecule has 0 aliphatic rings. The zero-order valence-corrected chi connectivity index (χ0v) is 10.1. The van der Waals surface area contributed by atoms with Crippen molar-refractivity contribution in [3.05, 3.63) is 39.9 Å². The second kappa shape index (κ2) is 5.56. The van der Waals surface area contributed by atoms with Gasteiger partial charge in [0.25, 0.3) is 5.69 Å². The van der Waals surface area contributed by atoms with E-state index in [-0.39, 0.29) is 23.5 Å². The first-order valence-electron chi connectivity index (χ1n) is 5.35. The van der Waals surface area contributed by atoms with Crippen LogP contribution in [0.1, 0.15) is 5.56 Å². The van der Waals surface area contributed by atoms with E-state index in [2.05, 4.69) is 25.5 Å². The van der Waals surface area contributed by atoms with Crippen LogP contribution in [0.25, 0.3) is 0 Å². The van der Waals surface area contributed by atoms with Gasteiger partial charge >= 0.3 is 0 Å². The molecule has 10 nitrogen and oxygen atoms in total. The maximum absolute atomic E-state index is 10.6. The van der Waals surface area contributed by atoms with Crippen LogP contribution in [0.15, 0.2) is 29.4 Å². The minimum absolute atomic E-state index is 0.0254. The molecule has 0 atom stereocenters. The van der Waals surface area contributed by atoms with Crippen molar-refractivity contribution in [2.24, 2.45) is 5.10 Å². The van der Waals surface area contributed by atoms with E-state index < -0.39 is 4.92 Å². The molecule has 0 saturated heterocycles. The fourth-order valence-electron chi connectivity index (χ4n) is 1.34. The Labute approximate surface area is 112 Å². The van der Waals surface area contributed by atoms with E-state index in [4.69, 9.17) is 11.5 Å². The summed E-state index contributed by atoms with van der Waals surface area (Å²) in [6.07, 6.45) is 1.38. The second-order valence-corrected chi connectivity index (χ2v) is 3.60. The van der Waals surface area contributed by atoms with Gasteiger partial charge in [-0.05, 0) is 0 Å². The number of benzene rings is 1. The third kappa shape index (κ3) is 3.35. The summed E-state index contributed by atoms with van der Waals surface area (Å²) in [5, 5.41) is 14.4. The number of nitro groups is 1. The number of anilines is 3. The minimum atomic E-state index is -0.488. The molecule has 0 aliphatic carbocycles. The van der Waals surface area contributed by atoms with Crippen molar-refractivity contribution < 1.29 is 4.92 Å². The standard InChI is InChI=1S/C10H10N8O2/c11-8-14-9(12)16-10(15-8)17-13-5-6-2-1-3-7(4-6)18(19)20/h1-5H,(H5,11,12,14,15,16,17)/b13-5+. The molecule has 0 fully saturated rings. The first-order valence-corrected chi connectivity index (χ1v) is 5.35. The summed E-state index contributed by atoms with van der Waals surface area (Å²) in [5.41, 5.74) is 13.8. The Morgan fingerprint density at radius 2 is 1.95 bits per heavy atom. The molecule has 10 heteroatoms. The van der Waals surface area contributed by atoms with Gasteiger partial charge in [0, 0.05) is 17.7 Å². The molecule has 0 amide bonds. The number of nitrogens with zero attached hydrogens (tertiary/aromatic N) is 5. The molecule has 1 aromatic carbocycles. The zero-order valence-electron chi connectivity index (χ0n) is 10.1. The Morgan fingerprint density at radius 3 is 2.60 bits per heavy atom. The molecule has 1 heterocycles. The number of nitrogens with two attached hydrogens (primary N) is 2. The van der Waals surface area contributed by atoms with Gasteiger partial charge in [0.1, 0.15) is 0 Å². The Kier molecular flexibility index (Phi) is 3.65. The lowest BCUT2D eigenvalue weighted by molar-refractivity contribution is -0.384. The van der Waals surface area contributed by atoms with Crippen molar-refractivity contribution in [1.29, 1.82) is 0 Å². The number of nitro benzene ring substituents is 1. The maximum atomic E-state index is 10.6. The average molecular weight is 274 g/mol. The molecule has 20 heavy (non-hydrogen) atoms. The van der Waals surface area contributed by atoms with Gasteiger partial charge < -0.3 is 11.5 Å². The smallest absolute Gasteiger partial charge is 0.270 e. The van der Waals surface area contributed by atoms with Gasteiger partial charge in [-0.15, -0.1) is 0 Å². The van der Waals surface area contributed by atoms with Crippen molar-refractivity contribution in [3.63, 3.8) is 0 Å². The van der Waals surface area contributed by atoms with E-state index in [0.29, 0.717) is 5.56 Å². The molecule has 2 aromatic rings. The Morgan fingerprint density at radius 1 is 1.25 bits per heavy atom. The molecule has 0 saturated carbocycles. The predicted molar refractivity (Wildman–Crippen MR) is 73.0 cm³/mol. The second-order valence-electron chi connectivity index (χ2n) is 3.60. The van der Waals surface area contributed by atoms with Gasteiger partial charge in [0.05, 0.1) is 11.1 Å². The number of hydrazone groups is 1. The predicted octanol–water partition coefficient (Wildman–Crippen LogP) is 0.390. The lowest BCUT2D eigenvalue weighted by atomic mass is 10.2. The van der Waals surface area contributed by atoms with Crippen LogP contribution < -0.4 is 16.9 Å². The average Bonchev–Trinajstić information content (AvgIpc) is 2.38. The van der Waals surface area contributed by atoms with Crippen LogP contribution in [-0.2, 0) is 0 Å². The molecule has 1 aromatic heterocycles. The van der Waals surface area contributed by atoms with Gasteiger partial charge in [-0.3, -0.25) is 10.1 Å². The summed E-state index contributed by atoms with van der Waals surface area (Å²) in [6, 6.07) is 5.98. The van der Waals surface area contributed by atoms with Crippen LogP contribution in [0.5, 0.6) is 0 Å². The van der Waals surface area contributed by atoms with Crippen molar-refractivity contribution in [3.8, 4) is 0 Å². The monoisotopic (exact) mass is 274 g/mol. The molecular weight excluding hydrogens is 264 g/mol. The lowest BCUT2D eigenvalue weighted by Gasteiger charge is -2.00. The fourth-order valence-corrected chi connectivity index (χ4v) is 1.34. The molecule has 0 unspecified atom stereocenters. The molecule has 0 aliphatic heterocycles. The van der Waals surface area contributed by atoms with Gasteiger partial charge in [-0.2, -0.15) is 20.1 Å². The summed E-state index contributed by atoms with van der Waals surface area (Å²) >= 11 is 0. The number of non-ortho nitro benzene ring substituents is 1. The molecule has 2 rings (SSSR count). The summed E-state index contributed by atoms with van der Waals surface area (Å²) in [4.78, 5) is 21.2. The zero-order chi connectivity index (χ0) is 14.5. The SMILES string of the molecule is Nc1nc(N)nc(N/N=C/c2cccc([N+](=O)[O-])c2)n1. The number of hydrogen-bond donors (Lipinski definition) is 3. The van der Waals surface area contributed by atoms with E-state index in [9.17, 15) is 10.1 Å². The minimum Gasteiger partial charge on any atom is -0.368 e. The molecule has 0 bridgehead atoms. The van der Waals surface area contributed by atoms with E-state index >= 15 is 0 Å². The van der Waals surface area contributed by atoms with Crippen LogP contribution in [-0.4, -0.2) is 26.1 Å². The third-order valence-corrected chi connectivity index (χ3v) is 2.13. The molecule has 5 N–H and O–H groups in total. The van der Waals surface area contributed by atoms with E-state index in [0.717, 1.165) is 0 Å². The largest absolute Gasteiger partial charge is 0.368 e. The first-order chi connectivity index (χ1) is 9.54. The number of nitrogen functional groups attached to an aromatic ring is 2. The molecule has 102 valence electrons. The van der Waals surface area contributed by atoms with Gasteiger partial charge in [-0.1, -0.05) is 12.1 Å². The van der Waals surface area contributed by atoms with Gasteiger partial charge in [-0.25, -0.2) is 5.43 Å². The molecule has 0 radical (unpaired) electrons. The quantitative estimate of drug-likeness (QED) is 0.410. The number of hydrogen-bond acceptors (Lipinski definition) is 9. The van der Waals surface area contributed by atoms with E-state index in [1.807, 2.05) is 0 Å². The summed E-state index contributed by atoms with van der Waals surface area (Å²) in [5.74, 6) is 0.00720. The maximum Gasteiger partial charge on any atom is 0.270 e. The first kappa shape index (κ1) is 13.1. The number of aromatic nitrogens is 3. The highest BCUT2D eigenvalue weighted by Gasteiger charge is 2.04. The number of nitrogens with one attached hydrogen (secondary N) is 1. The lowest BCUT2D eigenvalue weighted by Crippen LogP contribution is -2.06. The normalized spacial score (nSPS) is 10.6. The highest BCUT2D eigenvalue weighted by Crippen LogP contribution is 2.11. The van der Waals surface area contributed by atoms with E-state index in [1.165, 1.54) is 18.3 Å². The Balaban J connectivity index is 2.10. The fraction of sp³-hybridized carbons (Fsp3) is 0. The van der Waals surface area contributed by atoms with Crippen molar-refractivity contribution in [2.75, 3.05) is 16.9 Å². The van der Waals surface area contributed by atoms with Crippen LogP contribution in [0, 0.1) is 10.1 Å². The van der Waals surface area contributed by atoms with Gasteiger partial charge in [0.15, 0.2) is 0 Å². The molecular formula is C10H10N8O2. The van der Waals surface area contributed by atoms with E-state index in [1.54, 1.807) is 12.1 Å². The summed E-state index contributed by atoms with van der Waals surface area (Å²) < 4.78 is 0.